The van der Waals surface area contributed by atoms with Crippen molar-refractivity contribution in [2.24, 2.45) is 0 Å². The topological polar surface area (TPSA) is 64.7 Å². The van der Waals surface area contributed by atoms with Crippen molar-refractivity contribution in [3.8, 4) is 34.2 Å². The number of hydrogen-bond donors (Lipinski definition) is 0. The zero-order valence-electron chi connectivity index (χ0n) is 20.7. The van der Waals surface area contributed by atoms with Crippen molar-refractivity contribution < 1.29 is 4.42 Å². The second-order valence-electron chi connectivity index (χ2n) is 9.57. The van der Waals surface area contributed by atoms with E-state index in [4.69, 9.17) is 19.4 Å². The fourth-order valence-electron chi connectivity index (χ4n) is 5.24. The molecule has 0 atom stereocenters. The minimum absolute atomic E-state index is 0.562. The zero-order valence-corrected chi connectivity index (χ0v) is 20.7. The molecule has 0 bridgehead atoms. The summed E-state index contributed by atoms with van der Waals surface area (Å²) in [5.41, 5.74) is 4.07. The second kappa shape index (κ2) is 8.57. The smallest absolute Gasteiger partial charge is 0.228 e. The van der Waals surface area contributed by atoms with E-state index in [0.29, 0.717) is 23.2 Å². The van der Waals surface area contributed by atoms with Gasteiger partial charge in [-0.1, -0.05) is 91.0 Å². The van der Waals surface area contributed by atoms with Gasteiger partial charge in [-0.2, -0.15) is 0 Å². The van der Waals surface area contributed by atoms with Gasteiger partial charge in [-0.15, -0.1) is 0 Å². The molecule has 0 aliphatic heterocycles. The molecule has 3 aromatic heterocycles. The maximum atomic E-state index is 6.22. The predicted molar refractivity (Wildman–Crippen MR) is 156 cm³/mol. The summed E-state index contributed by atoms with van der Waals surface area (Å²) in [6.45, 7) is 0. The van der Waals surface area contributed by atoms with Crippen LogP contribution in [0.3, 0.4) is 0 Å². The summed E-state index contributed by atoms with van der Waals surface area (Å²) >= 11 is 0. The van der Waals surface area contributed by atoms with Gasteiger partial charge in [0.2, 0.25) is 5.71 Å². The maximum Gasteiger partial charge on any atom is 0.228 e. The highest BCUT2D eigenvalue weighted by atomic mass is 16.3. The molecule has 8 rings (SSSR count). The molecular formula is C34H20N4O. The largest absolute Gasteiger partial charge is 0.438 e. The highest BCUT2D eigenvalue weighted by molar-refractivity contribution is 6.14. The molecule has 0 amide bonds. The second-order valence-corrected chi connectivity index (χ2v) is 9.57. The Morgan fingerprint density at radius 2 is 1.13 bits per heavy atom. The molecule has 5 nitrogen and oxygen atoms in total. The summed E-state index contributed by atoms with van der Waals surface area (Å²) in [7, 11) is 0. The Kier molecular flexibility index (Phi) is 4.76. The van der Waals surface area contributed by atoms with Crippen LogP contribution in [0.15, 0.2) is 126 Å². The first kappa shape index (κ1) is 21.6. The SMILES string of the molecule is c1ccc(-c2nc(-c3ccc4ccccc4c3)nc(-c3ccnc4oc5cc6ccccc6cc5c34)n2)cc1. The summed E-state index contributed by atoms with van der Waals surface area (Å²) in [5, 5.41) is 6.45. The lowest BCUT2D eigenvalue weighted by Gasteiger charge is -2.09. The van der Waals surface area contributed by atoms with E-state index in [1.807, 2.05) is 60.7 Å². The maximum absolute atomic E-state index is 6.22. The van der Waals surface area contributed by atoms with Gasteiger partial charge in [0.1, 0.15) is 5.58 Å². The van der Waals surface area contributed by atoms with Crippen molar-refractivity contribution in [1.82, 2.24) is 19.9 Å². The molecule has 5 heteroatoms. The fraction of sp³-hybridized carbons (Fsp3) is 0. The molecule has 0 aliphatic rings. The van der Waals surface area contributed by atoms with Gasteiger partial charge in [0, 0.05) is 28.3 Å². The molecule has 0 radical (unpaired) electrons. The van der Waals surface area contributed by atoms with E-state index in [1.54, 1.807) is 6.20 Å². The van der Waals surface area contributed by atoms with E-state index >= 15 is 0 Å². The normalized spacial score (nSPS) is 11.6. The first-order valence-electron chi connectivity index (χ1n) is 12.8. The number of rotatable bonds is 3. The standard InChI is InChI=1S/C34H20N4O/c1-2-9-22(10-3-1)31-36-32(26-15-14-21-8-4-5-11-23(21)18-26)38-33(37-31)27-16-17-35-34-30(27)28-19-24-12-6-7-13-25(24)20-29(28)39-34/h1-20H. The van der Waals surface area contributed by atoms with Crippen LogP contribution in [0, 0.1) is 0 Å². The molecule has 3 heterocycles. The van der Waals surface area contributed by atoms with Crippen LogP contribution >= 0.6 is 0 Å². The first-order chi connectivity index (χ1) is 19.3. The van der Waals surface area contributed by atoms with Gasteiger partial charge in [-0.3, -0.25) is 0 Å². The van der Waals surface area contributed by atoms with E-state index in [2.05, 4.69) is 59.6 Å². The third kappa shape index (κ3) is 3.63. The highest BCUT2D eigenvalue weighted by Gasteiger charge is 2.19. The Morgan fingerprint density at radius 3 is 1.92 bits per heavy atom. The first-order valence-corrected chi connectivity index (χ1v) is 12.8. The van der Waals surface area contributed by atoms with Crippen LogP contribution in [-0.4, -0.2) is 19.9 Å². The predicted octanol–water partition coefficient (Wildman–Crippen LogP) is 8.47. The number of benzene rings is 5. The highest BCUT2D eigenvalue weighted by Crippen LogP contribution is 2.37. The molecule has 39 heavy (non-hydrogen) atoms. The molecule has 0 saturated carbocycles. The number of fused-ring (bicyclic) bond motifs is 5. The van der Waals surface area contributed by atoms with E-state index in [1.165, 1.54) is 5.39 Å². The van der Waals surface area contributed by atoms with Crippen molar-refractivity contribution in [2.75, 3.05) is 0 Å². The zero-order chi connectivity index (χ0) is 25.8. The lowest BCUT2D eigenvalue weighted by Crippen LogP contribution is -2.00. The molecule has 0 aliphatic carbocycles. The van der Waals surface area contributed by atoms with Crippen molar-refractivity contribution >= 4 is 43.6 Å². The lowest BCUT2D eigenvalue weighted by atomic mass is 10.0. The average molecular weight is 501 g/mol. The Bertz CT molecular complexity index is 2180. The molecule has 182 valence electrons. The number of pyridine rings is 1. The van der Waals surface area contributed by atoms with Gasteiger partial charge in [0.15, 0.2) is 17.5 Å². The van der Waals surface area contributed by atoms with Crippen LogP contribution in [0.4, 0.5) is 0 Å². The van der Waals surface area contributed by atoms with Crippen LogP contribution in [0.1, 0.15) is 0 Å². The molecule has 8 aromatic rings. The van der Waals surface area contributed by atoms with Crippen LogP contribution < -0.4 is 0 Å². The Balaban J connectivity index is 1.41. The van der Waals surface area contributed by atoms with E-state index in [0.717, 1.165) is 49.2 Å². The van der Waals surface area contributed by atoms with E-state index in [9.17, 15) is 0 Å². The minimum Gasteiger partial charge on any atom is -0.438 e. The summed E-state index contributed by atoms with van der Waals surface area (Å²) in [4.78, 5) is 19.5. The number of aromatic nitrogens is 4. The van der Waals surface area contributed by atoms with Crippen molar-refractivity contribution in [3.63, 3.8) is 0 Å². The third-order valence-electron chi connectivity index (χ3n) is 7.16. The summed E-state index contributed by atoms with van der Waals surface area (Å²) < 4.78 is 6.22. The summed E-state index contributed by atoms with van der Waals surface area (Å²) in [5.74, 6) is 1.81. The Hall–Kier alpha value is -5.42. The molecule has 0 N–H and O–H groups in total. The van der Waals surface area contributed by atoms with Crippen LogP contribution in [0.2, 0.25) is 0 Å². The van der Waals surface area contributed by atoms with Crippen molar-refractivity contribution in [2.45, 2.75) is 0 Å². The fourth-order valence-corrected chi connectivity index (χ4v) is 5.24. The molecule has 0 spiro atoms. The summed E-state index contributed by atoms with van der Waals surface area (Å²) in [6, 6.07) is 39.1. The summed E-state index contributed by atoms with van der Waals surface area (Å²) in [6.07, 6.45) is 1.75. The molecule has 0 fully saturated rings. The van der Waals surface area contributed by atoms with E-state index in [-0.39, 0.29) is 0 Å². The molecule has 5 aromatic carbocycles. The number of hydrogen-bond acceptors (Lipinski definition) is 5. The van der Waals surface area contributed by atoms with Gasteiger partial charge in [0.25, 0.3) is 0 Å². The van der Waals surface area contributed by atoms with Crippen LogP contribution in [0.5, 0.6) is 0 Å². The van der Waals surface area contributed by atoms with Crippen molar-refractivity contribution in [1.29, 1.82) is 0 Å². The minimum atomic E-state index is 0.562. The van der Waals surface area contributed by atoms with Gasteiger partial charge in [0.05, 0.1) is 5.39 Å². The lowest BCUT2D eigenvalue weighted by molar-refractivity contribution is 0.654. The van der Waals surface area contributed by atoms with Crippen LogP contribution in [0.25, 0.3) is 77.8 Å². The van der Waals surface area contributed by atoms with Gasteiger partial charge in [-0.05, 0) is 45.8 Å². The van der Waals surface area contributed by atoms with E-state index < -0.39 is 0 Å². The van der Waals surface area contributed by atoms with Gasteiger partial charge in [-0.25, -0.2) is 19.9 Å². The van der Waals surface area contributed by atoms with Gasteiger partial charge < -0.3 is 4.42 Å². The number of furan rings is 1. The Labute approximate surface area is 223 Å². The quantitative estimate of drug-likeness (QED) is 0.243. The average Bonchev–Trinajstić information content (AvgIpc) is 3.37. The van der Waals surface area contributed by atoms with Crippen molar-refractivity contribution in [3.05, 3.63) is 121 Å². The molecular weight excluding hydrogens is 480 g/mol. The third-order valence-corrected chi connectivity index (χ3v) is 7.16. The number of nitrogens with zero attached hydrogens (tertiary/aromatic N) is 4. The monoisotopic (exact) mass is 500 g/mol. The molecule has 0 unspecified atom stereocenters. The molecule has 0 saturated heterocycles. The van der Waals surface area contributed by atoms with Gasteiger partial charge >= 0.3 is 0 Å². The van der Waals surface area contributed by atoms with Crippen LogP contribution in [-0.2, 0) is 0 Å². The Morgan fingerprint density at radius 1 is 0.487 bits per heavy atom.